The van der Waals surface area contributed by atoms with E-state index in [4.69, 9.17) is 9.15 Å². The fourth-order valence-corrected chi connectivity index (χ4v) is 4.29. The lowest BCUT2D eigenvalue weighted by atomic mass is 9.87. The zero-order chi connectivity index (χ0) is 20.9. The van der Waals surface area contributed by atoms with Crippen molar-refractivity contribution in [3.8, 4) is 5.75 Å². The average molecular weight is 412 g/mol. The minimum atomic E-state index is -0.194. The highest BCUT2D eigenvalue weighted by molar-refractivity contribution is 5.96. The first kappa shape index (κ1) is 20.4. The molecule has 160 valence electrons. The van der Waals surface area contributed by atoms with Crippen molar-refractivity contribution in [1.82, 2.24) is 10.2 Å². The topological polar surface area (TPSA) is 97.6 Å². The van der Waals surface area contributed by atoms with Gasteiger partial charge in [0.2, 0.25) is 17.7 Å². The predicted octanol–water partition coefficient (Wildman–Crippen LogP) is 3.90. The maximum Gasteiger partial charge on any atom is 0.322 e. The summed E-state index contributed by atoms with van der Waals surface area (Å²) in [5, 5.41) is 10.7. The molecule has 1 aliphatic heterocycles. The van der Waals surface area contributed by atoms with Crippen LogP contribution < -0.4 is 15.0 Å². The molecule has 0 radical (unpaired) electrons. The first-order valence-electron chi connectivity index (χ1n) is 10.8. The molecule has 8 heteroatoms. The monoisotopic (exact) mass is 412 g/mol. The number of carbonyl (C=O) groups excluding carboxylic acids is 2. The van der Waals surface area contributed by atoms with Crippen LogP contribution in [0.5, 0.6) is 5.75 Å². The number of anilines is 2. The Kier molecular flexibility index (Phi) is 6.30. The van der Waals surface area contributed by atoms with Crippen LogP contribution in [0.2, 0.25) is 0 Å². The van der Waals surface area contributed by atoms with Gasteiger partial charge in [0, 0.05) is 25.1 Å². The Hall–Kier alpha value is -2.90. The van der Waals surface area contributed by atoms with E-state index in [-0.39, 0.29) is 23.7 Å². The van der Waals surface area contributed by atoms with Crippen molar-refractivity contribution in [1.29, 1.82) is 0 Å². The van der Waals surface area contributed by atoms with Crippen LogP contribution in [-0.4, -0.2) is 35.2 Å². The quantitative estimate of drug-likeness (QED) is 0.741. The van der Waals surface area contributed by atoms with Crippen LogP contribution in [0.1, 0.15) is 63.7 Å². The first-order valence-corrected chi connectivity index (χ1v) is 10.8. The van der Waals surface area contributed by atoms with Gasteiger partial charge in [-0.3, -0.25) is 14.9 Å². The van der Waals surface area contributed by atoms with Gasteiger partial charge in [0.1, 0.15) is 5.75 Å². The molecule has 2 fully saturated rings. The second kappa shape index (κ2) is 9.28. The Bertz CT molecular complexity index is 874. The van der Waals surface area contributed by atoms with Gasteiger partial charge in [-0.05, 0) is 49.9 Å². The summed E-state index contributed by atoms with van der Waals surface area (Å²) in [6, 6.07) is 7.56. The van der Waals surface area contributed by atoms with E-state index in [2.05, 4.69) is 15.5 Å². The third-order valence-electron chi connectivity index (χ3n) is 5.82. The van der Waals surface area contributed by atoms with Crippen LogP contribution in [0.15, 0.2) is 28.7 Å². The molecule has 1 saturated heterocycles. The lowest BCUT2D eigenvalue weighted by Gasteiger charge is -2.20. The van der Waals surface area contributed by atoms with Gasteiger partial charge < -0.3 is 14.1 Å². The number of hydrogen-bond acceptors (Lipinski definition) is 6. The van der Waals surface area contributed by atoms with Crippen molar-refractivity contribution in [2.24, 2.45) is 5.92 Å². The molecule has 4 rings (SSSR count). The number of ether oxygens (including phenoxy) is 1. The first-order chi connectivity index (χ1) is 14.6. The van der Waals surface area contributed by atoms with Gasteiger partial charge in [-0.2, -0.15) is 0 Å². The molecule has 8 nitrogen and oxygen atoms in total. The lowest BCUT2D eigenvalue weighted by Crippen LogP contribution is -2.24. The van der Waals surface area contributed by atoms with E-state index >= 15 is 0 Å². The molecule has 1 aromatic carbocycles. The standard InChI is InChI=1S/C22H28N4O4/c1-2-29-18-10-8-17(9-11-18)26-14-16(13-20(26)28)21-24-25-22(30-21)23-19(27)12-15-6-4-3-5-7-15/h8-11,15-16H,2-7,12-14H2,1H3,(H,23,25,27). The number of nitrogens with zero attached hydrogens (tertiary/aromatic N) is 3. The molecule has 1 aromatic heterocycles. The second-order valence-electron chi connectivity index (χ2n) is 8.03. The number of aromatic nitrogens is 2. The molecule has 0 bridgehead atoms. The van der Waals surface area contributed by atoms with Gasteiger partial charge in [0.25, 0.3) is 0 Å². The summed E-state index contributed by atoms with van der Waals surface area (Å²) >= 11 is 0. The van der Waals surface area contributed by atoms with Crippen molar-refractivity contribution in [3.05, 3.63) is 30.2 Å². The summed E-state index contributed by atoms with van der Waals surface area (Å²) in [6.45, 7) is 2.99. The molecule has 1 aliphatic carbocycles. The van der Waals surface area contributed by atoms with Crippen LogP contribution in [0.25, 0.3) is 0 Å². The minimum absolute atomic E-state index is 0.00486. The zero-order valence-electron chi connectivity index (χ0n) is 17.3. The Morgan fingerprint density at radius 1 is 1.20 bits per heavy atom. The van der Waals surface area contributed by atoms with Crippen molar-refractivity contribution in [2.75, 3.05) is 23.4 Å². The van der Waals surface area contributed by atoms with Gasteiger partial charge in [0.05, 0.1) is 12.5 Å². The van der Waals surface area contributed by atoms with Gasteiger partial charge in [-0.15, -0.1) is 5.10 Å². The Labute approximate surface area is 176 Å². The fourth-order valence-electron chi connectivity index (χ4n) is 4.29. The highest BCUT2D eigenvalue weighted by Crippen LogP contribution is 2.32. The van der Waals surface area contributed by atoms with Gasteiger partial charge in [0.15, 0.2) is 0 Å². The fraction of sp³-hybridized carbons (Fsp3) is 0.545. The molecule has 1 atom stereocenters. The molecule has 2 aliphatic rings. The Balaban J connectivity index is 1.34. The van der Waals surface area contributed by atoms with Gasteiger partial charge >= 0.3 is 6.01 Å². The normalized spacial score (nSPS) is 19.8. The Morgan fingerprint density at radius 3 is 2.70 bits per heavy atom. The summed E-state index contributed by atoms with van der Waals surface area (Å²) in [5.74, 6) is 1.32. The average Bonchev–Trinajstić information content (AvgIpc) is 3.36. The Morgan fingerprint density at radius 2 is 1.97 bits per heavy atom. The van der Waals surface area contributed by atoms with Gasteiger partial charge in [-0.1, -0.05) is 24.4 Å². The molecule has 0 spiro atoms. The molecule has 1 N–H and O–H groups in total. The molecule has 1 unspecified atom stereocenters. The van der Waals surface area contributed by atoms with Crippen LogP contribution in [-0.2, 0) is 9.59 Å². The van der Waals surface area contributed by atoms with Crippen molar-refractivity contribution < 1.29 is 18.7 Å². The highest BCUT2D eigenvalue weighted by atomic mass is 16.5. The third-order valence-corrected chi connectivity index (χ3v) is 5.82. The minimum Gasteiger partial charge on any atom is -0.494 e. The van der Waals surface area contributed by atoms with E-state index in [9.17, 15) is 9.59 Å². The van der Waals surface area contributed by atoms with Gasteiger partial charge in [-0.25, -0.2) is 0 Å². The van der Waals surface area contributed by atoms with E-state index in [1.807, 2.05) is 31.2 Å². The number of carbonyl (C=O) groups is 2. The summed E-state index contributed by atoms with van der Waals surface area (Å²) < 4.78 is 11.1. The second-order valence-corrected chi connectivity index (χ2v) is 8.03. The van der Waals surface area contributed by atoms with E-state index in [1.54, 1.807) is 4.90 Å². The maximum atomic E-state index is 12.5. The molecular formula is C22H28N4O4. The number of rotatable bonds is 7. The predicted molar refractivity (Wildman–Crippen MR) is 111 cm³/mol. The van der Waals surface area contributed by atoms with E-state index in [0.29, 0.717) is 37.8 Å². The van der Waals surface area contributed by atoms with Crippen LogP contribution in [0, 0.1) is 5.92 Å². The van der Waals surface area contributed by atoms with Crippen LogP contribution in [0.3, 0.4) is 0 Å². The maximum absolute atomic E-state index is 12.5. The van der Waals surface area contributed by atoms with Crippen molar-refractivity contribution in [2.45, 2.75) is 57.8 Å². The summed E-state index contributed by atoms with van der Waals surface area (Å²) in [7, 11) is 0. The number of nitrogens with one attached hydrogen (secondary N) is 1. The molecule has 2 aromatic rings. The smallest absolute Gasteiger partial charge is 0.322 e. The van der Waals surface area contributed by atoms with E-state index in [1.165, 1.54) is 19.3 Å². The van der Waals surface area contributed by atoms with Crippen LogP contribution in [0.4, 0.5) is 11.7 Å². The largest absolute Gasteiger partial charge is 0.494 e. The van der Waals surface area contributed by atoms with Crippen molar-refractivity contribution >= 4 is 23.5 Å². The molecular weight excluding hydrogens is 384 g/mol. The lowest BCUT2D eigenvalue weighted by molar-refractivity contribution is -0.118. The number of hydrogen-bond donors (Lipinski definition) is 1. The summed E-state index contributed by atoms with van der Waals surface area (Å²) in [5.41, 5.74) is 0.812. The third kappa shape index (κ3) is 4.80. The molecule has 2 amide bonds. The summed E-state index contributed by atoms with van der Waals surface area (Å²) in [4.78, 5) is 26.5. The summed E-state index contributed by atoms with van der Waals surface area (Å²) in [6.07, 6.45) is 6.66. The number of amides is 2. The SMILES string of the molecule is CCOc1ccc(N2CC(c3nnc(NC(=O)CC4CCCCC4)o3)CC2=O)cc1. The molecule has 30 heavy (non-hydrogen) atoms. The zero-order valence-corrected chi connectivity index (χ0v) is 17.3. The van der Waals surface area contributed by atoms with E-state index in [0.717, 1.165) is 24.3 Å². The van der Waals surface area contributed by atoms with Crippen molar-refractivity contribution in [3.63, 3.8) is 0 Å². The van der Waals surface area contributed by atoms with Crippen LogP contribution >= 0.6 is 0 Å². The number of benzene rings is 1. The van der Waals surface area contributed by atoms with E-state index < -0.39 is 0 Å². The molecule has 2 heterocycles. The molecule has 1 saturated carbocycles. The highest BCUT2D eigenvalue weighted by Gasteiger charge is 2.35.